The fraction of sp³-hybridized carbons (Fsp3) is 0.583. The Morgan fingerprint density at radius 3 is 3.00 bits per heavy atom. The van der Waals surface area contributed by atoms with Crippen LogP contribution >= 0.6 is 11.3 Å². The number of nitrogens with one attached hydrogen (secondary N) is 2. The van der Waals surface area contributed by atoms with Crippen LogP contribution in [0.1, 0.15) is 31.4 Å². The molecule has 1 aliphatic carbocycles. The number of urea groups is 1. The number of carboxylic acids is 1. The van der Waals surface area contributed by atoms with Crippen molar-refractivity contribution in [1.82, 2.24) is 15.6 Å². The van der Waals surface area contributed by atoms with Crippen LogP contribution in [0.15, 0.2) is 10.9 Å². The van der Waals surface area contributed by atoms with E-state index in [2.05, 4.69) is 15.6 Å². The van der Waals surface area contributed by atoms with E-state index in [4.69, 9.17) is 5.11 Å². The van der Waals surface area contributed by atoms with E-state index in [1.54, 1.807) is 5.51 Å². The van der Waals surface area contributed by atoms with Crippen LogP contribution in [0, 0.1) is 5.92 Å². The van der Waals surface area contributed by atoms with Gasteiger partial charge in [-0.2, -0.15) is 0 Å². The molecule has 0 aliphatic heterocycles. The number of amides is 2. The molecule has 0 bridgehead atoms. The van der Waals surface area contributed by atoms with E-state index in [1.807, 2.05) is 5.38 Å². The monoisotopic (exact) mass is 283 g/mol. The van der Waals surface area contributed by atoms with Crippen LogP contribution < -0.4 is 10.6 Å². The number of nitrogens with zero attached hydrogens (tertiary/aromatic N) is 1. The second-order valence-corrected chi connectivity index (χ2v) is 5.42. The maximum Gasteiger partial charge on any atom is 0.315 e. The van der Waals surface area contributed by atoms with Crippen LogP contribution in [0.4, 0.5) is 4.79 Å². The zero-order valence-electron chi connectivity index (χ0n) is 10.5. The Kier molecular flexibility index (Phi) is 4.73. The number of carbonyl (C=O) groups excluding carboxylic acids is 1. The molecule has 1 aromatic heterocycles. The van der Waals surface area contributed by atoms with Crippen molar-refractivity contribution in [2.24, 2.45) is 5.92 Å². The number of hydrogen-bond acceptors (Lipinski definition) is 4. The summed E-state index contributed by atoms with van der Waals surface area (Å²) in [6.45, 7) is 0.393. The van der Waals surface area contributed by atoms with Gasteiger partial charge in [0.25, 0.3) is 0 Å². The number of aliphatic carboxylic acids is 1. The van der Waals surface area contributed by atoms with Gasteiger partial charge in [0.2, 0.25) is 0 Å². The van der Waals surface area contributed by atoms with Gasteiger partial charge >= 0.3 is 12.0 Å². The molecular weight excluding hydrogens is 266 g/mol. The third-order valence-corrected chi connectivity index (χ3v) is 3.91. The Hall–Kier alpha value is -1.63. The molecule has 1 aromatic rings. The van der Waals surface area contributed by atoms with Gasteiger partial charge in [0.1, 0.15) is 0 Å². The highest BCUT2D eigenvalue weighted by atomic mass is 32.1. The third kappa shape index (κ3) is 4.20. The Morgan fingerprint density at radius 1 is 1.47 bits per heavy atom. The van der Waals surface area contributed by atoms with Crippen LogP contribution in [-0.4, -0.2) is 28.1 Å². The van der Waals surface area contributed by atoms with Gasteiger partial charge in [0.05, 0.1) is 23.7 Å². The molecule has 1 heterocycles. The van der Waals surface area contributed by atoms with Gasteiger partial charge in [-0.3, -0.25) is 4.79 Å². The molecule has 1 aliphatic rings. The molecule has 6 nitrogen and oxygen atoms in total. The van der Waals surface area contributed by atoms with Crippen molar-refractivity contribution in [3.8, 4) is 0 Å². The summed E-state index contributed by atoms with van der Waals surface area (Å²) in [6.07, 6.45) is 2.90. The van der Waals surface area contributed by atoms with Gasteiger partial charge in [-0.25, -0.2) is 9.78 Å². The molecule has 1 fully saturated rings. The molecule has 2 unspecified atom stereocenters. The predicted octanol–water partition coefficient (Wildman–Crippen LogP) is 1.59. The smallest absolute Gasteiger partial charge is 0.315 e. The van der Waals surface area contributed by atoms with Crippen LogP contribution in [0.2, 0.25) is 0 Å². The predicted molar refractivity (Wildman–Crippen MR) is 70.9 cm³/mol. The van der Waals surface area contributed by atoms with Crippen LogP contribution in [0.25, 0.3) is 0 Å². The minimum absolute atomic E-state index is 0.0507. The van der Waals surface area contributed by atoms with Gasteiger partial charge in [0.15, 0.2) is 0 Å². The number of carbonyl (C=O) groups is 2. The Bertz CT molecular complexity index is 435. The Morgan fingerprint density at radius 2 is 2.32 bits per heavy atom. The minimum atomic E-state index is -0.769. The summed E-state index contributed by atoms with van der Waals surface area (Å²) in [5.41, 5.74) is 2.54. The quantitative estimate of drug-likeness (QED) is 0.782. The molecule has 3 N–H and O–H groups in total. The molecule has 2 rings (SSSR count). The first-order chi connectivity index (χ1) is 9.15. The van der Waals surface area contributed by atoms with E-state index in [9.17, 15) is 9.59 Å². The largest absolute Gasteiger partial charge is 0.481 e. The van der Waals surface area contributed by atoms with Crippen molar-refractivity contribution in [2.45, 2.75) is 38.3 Å². The first-order valence-electron chi connectivity index (χ1n) is 6.29. The lowest BCUT2D eigenvalue weighted by atomic mass is 9.86. The van der Waals surface area contributed by atoms with Crippen molar-refractivity contribution in [1.29, 1.82) is 0 Å². The fourth-order valence-electron chi connectivity index (χ4n) is 2.28. The van der Waals surface area contributed by atoms with Crippen molar-refractivity contribution < 1.29 is 14.7 Å². The van der Waals surface area contributed by atoms with E-state index < -0.39 is 5.97 Å². The van der Waals surface area contributed by atoms with Crippen molar-refractivity contribution in [3.05, 3.63) is 16.6 Å². The molecule has 0 radical (unpaired) electrons. The number of carboxylic acid groups (broad SMARTS) is 1. The zero-order valence-corrected chi connectivity index (χ0v) is 11.3. The first-order valence-corrected chi connectivity index (χ1v) is 7.23. The second-order valence-electron chi connectivity index (χ2n) is 4.71. The minimum Gasteiger partial charge on any atom is -0.481 e. The molecule has 7 heteroatoms. The molecule has 104 valence electrons. The third-order valence-electron chi connectivity index (χ3n) is 3.27. The topological polar surface area (TPSA) is 91.3 Å². The molecular formula is C12H17N3O3S. The fourth-order valence-corrected chi connectivity index (χ4v) is 2.84. The van der Waals surface area contributed by atoms with E-state index in [0.29, 0.717) is 19.4 Å². The summed E-state index contributed by atoms with van der Waals surface area (Å²) in [4.78, 5) is 26.7. The van der Waals surface area contributed by atoms with E-state index in [-0.39, 0.29) is 18.0 Å². The summed E-state index contributed by atoms with van der Waals surface area (Å²) >= 11 is 1.48. The molecule has 0 aromatic carbocycles. The number of thiazole rings is 1. The lowest BCUT2D eigenvalue weighted by Crippen LogP contribution is -2.44. The molecule has 0 saturated heterocycles. The summed E-state index contributed by atoms with van der Waals surface area (Å²) in [6, 6.07) is -0.311. The van der Waals surface area contributed by atoms with Gasteiger partial charge in [-0.05, 0) is 19.3 Å². The normalized spacial score (nSPS) is 22.7. The summed E-state index contributed by atoms with van der Waals surface area (Å²) in [5, 5.41) is 16.4. The van der Waals surface area contributed by atoms with E-state index in [1.165, 1.54) is 11.3 Å². The maximum atomic E-state index is 11.7. The van der Waals surface area contributed by atoms with E-state index >= 15 is 0 Å². The molecule has 2 atom stereocenters. The molecule has 19 heavy (non-hydrogen) atoms. The van der Waals surface area contributed by atoms with Gasteiger partial charge < -0.3 is 15.7 Å². The highest BCUT2D eigenvalue weighted by molar-refractivity contribution is 7.07. The standard InChI is InChI=1S/C12H17N3O3S/c16-11(17)8-2-1-3-9(4-8)15-12(18)13-5-10-6-19-7-14-10/h6-9H,1-5H2,(H,16,17)(H2,13,15,18). The summed E-state index contributed by atoms with van der Waals surface area (Å²) in [7, 11) is 0. The Labute approximate surface area is 115 Å². The van der Waals surface area contributed by atoms with Crippen molar-refractivity contribution in [3.63, 3.8) is 0 Å². The second kappa shape index (κ2) is 6.51. The number of aromatic nitrogens is 1. The Balaban J connectivity index is 1.74. The summed E-state index contributed by atoms with van der Waals surface area (Å²) < 4.78 is 0. The van der Waals surface area contributed by atoms with Gasteiger partial charge in [-0.15, -0.1) is 11.3 Å². The highest BCUT2D eigenvalue weighted by Gasteiger charge is 2.27. The van der Waals surface area contributed by atoms with E-state index in [0.717, 1.165) is 18.5 Å². The van der Waals surface area contributed by atoms with Crippen molar-refractivity contribution in [2.75, 3.05) is 0 Å². The first kappa shape index (κ1) is 13.8. The van der Waals surface area contributed by atoms with Crippen LogP contribution in [0.5, 0.6) is 0 Å². The van der Waals surface area contributed by atoms with Gasteiger partial charge in [0, 0.05) is 11.4 Å². The lowest BCUT2D eigenvalue weighted by molar-refractivity contribution is -0.143. The average molecular weight is 283 g/mol. The number of hydrogen-bond donors (Lipinski definition) is 3. The van der Waals surface area contributed by atoms with Crippen LogP contribution in [0.3, 0.4) is 0 Å². The average Bonchev–Trinajstić information content (AvgIpc) is 2.90. The van der Waals surface area contributed by atoms with Crippen LogP contribution in [-0.2, 0) is 11.3 Å². The van der Waals surface area contributed by atoms with Crippen molar-refractivity contribution >= 4 is 23.3 Å². The zero-order chi connectivity index (χ0) is 13.7. The number of rotatable bonds is 4. The molecule has 1 saturated carbocycles. The lowest BCUT2D eigenvalue weighted by Gasteiger charge is -2.27. The molecule has 0 spiro atoms. The summed E-state index contributed by atoms with van der Waals surface area (Å²) in [5.74, 6) is -1.10. The maximum absolute atomic E-state index is 11.7. The van der Waals surface area contributed by atoms with Gasteiger partial charge in [-0.1, -0.05) is 6.42 Å². The SMILES string of the molecule is O=C(NCc1cscn1)NC1CCCC(C(=O)O)C1. The highest BCUT2D eigenvalue weighted by Crippen LogP contribution is 2.24. The molecule has 2 amide bonds.